The Morgan fingerprint density at radius 2 is 1.84 bits per heavy atom. The molecule has 2 aromatic rings. The van der Waals surface area contributed by atoms with Gasteiger partial charge >= 0.3 is 6.09 Å². The summed E-state index contributed by atoms with van der Waals surface area (Å²) >= 11 is 0. The Morgan fingerprint density at radius 3 is 2.48 bits per heavy atom. The molecule has 6 nitrogen and oxygen atoms in total. The van der Waals surface area contributed by atoms with Crippen LogP contribution in [0.5, 0.6) is 0 Å². The fourth-order valence-corrected chi connectivity index (χ4v) is 2.64. The van der Waals surface area contributed by atoms with Crippen molar-refractivity contribution in [3.8, 4) is 0 Å². The first-order valence-electron chi connectivity index (χ1n) is 8.14. The van der Waals surface area contributed by atoms with Crippen molar-refractivity contribution >= 4 is 17.7 Å². The van der Waals surface area contributed by atoms with Crippen LogP contribution in [-0.4, -0.2) is 27.5 Å². The molecule has 0 spiro atoms. The minimum atomic E-state index is -0.557. The van der Waals surface area contributed by atoms with E-state index in [2.05, 4.69) is 10.3 Å². The van der Waals surface area contributed by atoms with Gasteiger partial charge in [0.1, 0.15) is 5.60 Å². The lowest BCUT2D eigenvalue weighted by molar-refractivity contribution is 0.0635. The molecule has 1 aliphatic heterocycles. The first kappa shape index (κ1) is 17.0. The summed E-state index contributed by atoms with van der Waals surface area (Å²) in [5.74, 6) is -0.0539. The van der Waals surface area contributed by atoms with Crippen LogP contribution in [0.15, 0.2) is 42.6 Å². The zero-order valence-electron chi connectivity index (χ0n) is 14.6. The van der Waals surface area contributed by atoms with Crippen molar-refractivity contribution in [3.05, 3.63) is 59.4 Å². The van der Waals surface area contributed by atoms with Gasteiger partial charge in [-0.1, -0.05) is 6.07 Å². The van der Waals surface area contributed by atoms with Gasteiger partial charge in [-0.25, -0.2) is 4.79 Å². The lowest BCUT2D eigenvalue weighted by atomic mass is 10.2. The zero-order chi connectivity index (χ0) is 18.0. The van der Waals surface area contributed by atoms with E-state index in [0.29, 0.717) is 24.3 Å². The van der Waals surface area contributed by atoms with Crippen LogP contribution in [-0.2, 0) is 17.8 Å². The second kappa shape index (κ2) is 6.55. The number of carbonyl (C=O) groups is 2. The molecular weight excluding hydrogens is 318 g/mol. The first-order valence-corrected chi connectivity index (χ1v) is 8.14. The third-order valence-corrected chi connectivity index (χ3v) is 3.75. The van der Waals surface area contributed by atoms with E-state index in [0.717, 1.165) is 11.3 Å². The summed E-state index contributed by atoms with van der Waals surface area (Å²) in [7, 11) is 0. The number of hydrogen-bond acceptors (Lipinski definition) is 4. The van der Waals surface area contributed by atoms with E-state index in [1.54, 1.807) is 56.1 Å². The standard InChI is InChI=1S/C19H21N3O3/c1-19(2,3)25-18(24)21-15-8-6-13(7-9-15)17(23)22-11-14-5-4-10-20-16(14)12-22/h4-10H,11-12H2,1-3H3,(H,21,24). The average Bonchev–Trinajstić information content (AvgIpc) is 2.97. The first-order chi connectivity index (χ1) is 11.8. The van der Waals surface area contributed by atoms with E-state index in [4.69, 9.17) is 4.74 Å². The smallest absolute Gasteiger partial charge is 0.412 e. The molecule has 1 N–H and O–H groups in total. The molecule has 2 amide bonds. The number of aromatic nitrogens is 1. The predicted molar refractivity (Wildman–Crippen MR) is 94.1 cm³/mol. The Bertz CT molecular complexity index is 769. The molecule has 1 aromatic heterocycles. The van der Waals surface area contributed by atoms with Crippen molar-refractivity contribution in [2.24, 2.45) is 0 Å². The van der Waals surface area contributed by atoms with E-state index in [9.17, 15) is 9.59 Å². The number of benzene rings is 1. The molecule has 130 valence electrons. The fraction of sp³-hybridized carbons (Fsp3) is 0.316. The molecule has 1 aliphatic rings. The normalized spacial score (nSPS) is 13.3. The van der Waals surface area contributed by atoms with Gasteiger partial charge in [0.15, 0.2) is 0 Å². The number of amides is 2. The molecule has 0 radical (unpaired) electrons. The maximum atomic E-state index is 12.6. The summed E-state index contributed by atoms with van der Waals surface area (Å²) in [6, 6.07) is 10.7. The van der Waals surface area contributed by atoms with Gasteiger partial charge in [-0.05, 0) is 56.7 Å². The van der Waals surface area contributed by atoms with Crippen LogP contribution in [0, 0.1) is 0 Å². The monoisotopic (exact) mass is 339 g/mol. The summed E-state index contributed by atoms with van der Waals surface area (Å²) in [6.07, 6.45) is 1.22. The molecule has 0 atom stereocenters. The highest BCUT2D eigenvalue weighted by Gasteiger charge is 2.25. The number of nitrogens with zero attached hydrogens (tertiary/aromatic N) is 2. The molecule has 0 saturated carbocycles. The van der Waals surface area contributed by atoms with Gasteiger partial charge in [0.05, 0.1) is 12.2 Å². The Kier molecular flexibility index (Phi) is 4.44. The fourth-order valence-electron chi connectivity index (χ4n) is 2.64. The highest BCUT2D eigenvalue weighted by atomic mass is 16.6. The molecule has 3 rings (SSSR count). The van der Waals surface area contributed by atoms with Gasteiger partial charge in [-0.15, -0.1) is 0 Å². The molecule has 0 aliphatic carbocycles. The SMILES string of the molecule is CC(C)(C)OC(=O)Nc1ccc(C(=O)N2Cc3cccnc3C2)cc1. The van der Waals surface area contributed by atoms with Crippen LogP contribution in [0.4, 0.5) is 10.5 Å². The Hall–Kier alpha value is -2.89. The van der Waals surface area contributed by atoms with Crippen LogP contribution in [0.1, 0.15) is 42.4 Å². The Balaban J connectivity index is 1.63. The number of fused-ring (bicyclic) bond motifs is 1. The quantitative estimate of drug-likeness (QED) is 0.908. The molecule has 1 aromatic carbocycles. The van der Waals surface area contributed by atoms with Crippen LogP contribution >= 0.6 is 0 Å². The van der Waals surface area contributed by atoms with Crippen LogP contribution < -0.4 is 5.32 Å². The van der Waals surface area contributed by atoms with E-state index < -0.39 is 11.7 Å². The number of carbonyl (C=O) groups excluding carboxylic acids is 2. The largest absolute Gasteiger partial charge is 0.444 e. The summed E-state index contributed by atoms with van der Waals surface area (Å²) in [5.41, 5.74) is 2.62. The van der Waals surface area contributed by atoms with Gasteiger partial charge in [0.2, 0.25) is 0 Å². The van der Waals surface area contributed by atoms with Gasteiger partial charge < -0.3 is 9.64 Å². The molecule has 0 unspecified atom stereocenters. The van der Waals surface area contributed by atoms with E-state index in [-0.39, 0.29) is 5.91 Å². The van der Waals surface area contributed by atoms with Crippen molar-refractivity contribution < 1.29 is 14.3 Å². The molecule has 0 bridgehead atoms. The molecule has 6 heteroatoms. The summed E-state index contributed by atoms with van der Waals surface area (Å²) in [5, 5.41) is 2.65. The van der Waals surface area contributed by atoms with Gasteiger partial charge in [0.25, 0.3) is 5.91 Å². The molecule has 0 saturated heterocycles. The lowest BCUT2D eigenvalue weighted by Gasteiger charge is -2.20. The topological polar surface area (TPSA) is 71.5 Å². The van der Waals surface area contributed by atoms with E-state index in [1.165, 1.54) is 0 Å². The number of anilines is 1. The Labute approximate surface area is 146 Å². The zero-order valence-corrected chi connectivity index (χ0v) is 14.6. The van der Waals surface area contributed by atoms with Gasteiger partial charge in [-0.2, -0.15) is 0 Å². The second-order valence-corrected chi connectivity index (χ2v) is 6.97. The van der Waals surface area contributed by atoms with Crippen LogP contribution in [0.3, 0.4) is 0 Å². The predicted octanol–water partition coefficient (Wildman–Crippen LogP) is 3.58. The van der Waals surface area contributed by atoms with Gasteiger partial charge in [-0.3, -0.25) is 15.1 Å². The van der Waals surface area contributed by atoms with Crippen molar-refractivity contribution in [1.82, 2.24) is 9.88 Å². The summed E-state index contributed by atoms with van der Waals surface area (Å²) in [6.45, 7) is 6.50. The van der Waals surface area contributed by atoms with Gasteiger partial charge in [0, 0.05) is 24.0 Å². The lowest BCUT2D eigenvalue weighted by Crippen LogP contribution is -2.27. The van der Waals surface area contributed by atoms with E-state index in [1.807, 2.05) is 12.1 Å². The number of ether oxygens (including phenoxy) is 1. The Morgan fingerprint density at radius 1 is 1.12 bits per heavy atom. The maximum absolute atomic E-state index is 12.6. The van der Waals surface area contributed by atoms with Crippen molar-refractivity contribution in [3.63, 3.8) is 0 Å². The van der Waals surface area contributed by atoms with E-state index >= 15 is 0 Å². The second-order valence-electron chi connectivity index (χ2n) is 6.97. The number of hydrogen-bond donors (Lipinski definition) is 1. The third kappa shape index (κ3) is 4.15. The van der Waals surface area contributed by atoms with Crippen molar-refractivity contribution in [2.45, 2.75) is 39.5 Å². The van der Waals surface area contributed by atoms with Crippen LogP contribution in [0.2, 0.25) is 0 Å². The van der Waals surface area contributed by atoms with Crippen molar-refractivity contribution in [1.29, 1.82) is 0 Å². The highest BCUT2D eigenvalue weighted by Crippen LogP contribution is 2.23. The molecule has 0 fully saturated rings. The van der Waals surface area contributed by atoms with Crippen LogP contribution in [0.25, 0.3) is 0 Å². The number of pyridine rings is 1. The average molecular weight is 339 g/mol. The number of rotatable bonds is 2. The maximum Gasteiger partial charge on any atom is 0.412 e. The number of nitrogens with one attached hydrogen (secondary N) is 1. The molecule has 2 heterocycles. The summed E-state index contributed by atoms with van der Waals surface area (Å²) in [4.78, 5) is 30.5. The minimum absolute atomic E-state index is 0.0539. The summed E-state index contributed by atoms with van der Waals surface area (Å²) < 4.78 is 5.20. The molecular formula is C19H21N3O3. The highest BCUT2D eigenvalue weighted by molar-refractivity contribution is 5.95. The van der Waals surface area contributed by atoms with Crippen molar-refractivity contribution in [2.75, 3.05) is 5.32 Å². The minimum Gasteiger partial charge on any atom is -0.444 e. The molecule has 25 heavy (non-hydrogen) atoms. The third-order valence-electron chi connectivity index (χ3n) is 3.75.